The van der Waals surface area contributed by atoms with Crippen molar-refractivity contribution in [3.8, 4) is 11.5 Å². The Balaban J connectivity index is 1.56. The zero-order valence-electron chi connectivity index (χ0n) is 25.6. The van der Waals surface area contributed by atoms with Crippen molar-refractivity contribution in [3.05, 3.63) is 58.4 Å². The van der Waals surface area contributed by atoms with E-state index in [-0.39, 0.29) is 29.1 Å². The third-order valence-corrected chi connectivity index (χ3v) is 9.74. The van der Waals surface area contributed by atoms with E-state index in [1.54, 1.807) is 20.3 Å². The predicted molar refractivity (Wildman–Crippen MR) is 171 cm³/mol. The van der Waals surface area contributed by atoms with E-state index >= 15 is 0 Å². The van der Waals surface area contributed by atoms with Crippen molar-refractivity contribution in [2.24, 2.45) is 0 Å². The number of carbonyl (C=O) groups excluding carboxylic acids is 1. The Morgan fingerprint density at radius 1 is 1.05 bits per heavy atom. The molecule has 2 aliphatic heterocycles. The Kier molecular flexibility index (Phi) is 12.1. The second kappa shape index (κ2) is 15.8. The summed E-state index contributed by atoms with van der Waals surface area (Å²) in [6.45, 7) is 5.29. The number of ether oxygens (including phenoxy) is 2. The van der Waals surface area contributed by atoms with Crippen molar-refractivity contribution in [3.63, 3.8) is 0 Å². The van der Waals surface area contributed by atoms with Crippen LogP contribution < -0.4 is 9.47 Å². The maximum atomic E-state index is 14.5. The SMILES string of the molecule is COc1ccc([C@@](CCC=N)(CCN2CCC(N3CCCCC3)CC2)CC(=N)C(=O)Cc2c(F)cccc2Cl)cc1OC. The Labute approximate surface area is 260 Å². The summed E-state index contributed by atoms with van der Waals surface area (Å²) in [4.78, 5) is 18.5. The molecule has 0 spiro atoms. The number of benzene rings is 2. The molecule has 0 bridgehead atoms. The van der Waals surface area contributed by atoms with Gasteiger partial charge in [-0.05, 0) is 114 Å². The summed E-state index contributed by atoms with van der Waals surface area (Å²) in [5.74, 6) is 0.190. The summed E-state index contributed by atoms with van der Waals surface area (Å²) in [6, 6.07) is 10.8. The number of nitrogens with one attached hydrogen (secondary N) is 2. The predicted octanol–water partition coefficient (Wildman–Crippen LogP) is 6.73. The molecule has 2 aromatic carbocycles. The highest BCUT2D eigenvalue weighted by Gasteiger charge is 2.36. The number of Topliss-reactive ketones (excluding diaryl/α,β-unsaturated/α-hetero) is 1. The first-order chi connectivity index (χ1) is 20.8. The zero-order chi connectivity index (χ0) is 30.8. The molecule has 0 radical (unpaired) electrons. The summed E-state index contributed by atoms with van der Waals surface area (Å²) in [6.07, 6.45) is 9.36. The van der Waals surface area contributed by atoms with Crippen LogP contribution in [0.25, 0.3) is 0 Å². The number of halogens is 2. The van der Waals surface area contributed by atoms with Gasteiger partial charge in [0.05, 0.1) is 19.9 Å². The molecule has 0 saturated carbocycles. The number of nitrogens with zero attached hydrogens (tertiary/aromatic N) is 2. The summed E-state index contributed by atoms with van der Waals surface area (Å²) < 4.78 is 25.6. The van der Waals surface area contributed by atoms with Crippen molar-refractivity contribution in [2.75, 3.05) is 46.9 Å². The molecule has 2 fully saturated rings. The smallest absolute Gasteiger partial charge is 0.180 e. The van der Waals surface area contributed by atoms with Crippen LogP contribution in [0.3, 0.4) is 0 Å². The van der Waals surface area contributed by atoms with Crippen LogP contribution in [-0.2, 0) is 16.6 Å². The molecule has 2 aromatic rings. The van der Waals surface area contributed by atoms with Gasteiger partial charge >= 0.3 is 0 Å². The van der Waals surface area contributed by atoms with Crippen molar-refractivity contribution < 1.29 is 18.7 Å². The molecule has 2 heterocycles. The third kappa shape index (κ3) is 8.43. The van der Waals surface area contributed by atoms with Gasteiger partial charge in [0.2, 0.25) is 0 Å². The second-order valence-corrected chi connectivity index (χ2v) is 12.4. The zero-order valence-corrected chi connectivity index (χ0v) is 26.4. The van der Waals surface area contributed by atoms with Crippen LogP contribution in [-0.4, -0.2) is 80.5 Å². The fourth-order valence-electron chi connectivity index (χ4n) is 6.78. The molecule has 0 aliphatic carbocycles. The molecule has 7 nitrogen and oxygen atoms in total. The molecule has 0 amide bonds. The molecule has 0 unspecified atom stereocenters. The molecular weight excluding hydrogens is 567 g/mol. The first-order valence-electron chi connectivity index (χ1n) is 15.5. The number of methoxy groups -OCH3 is 2. The van der Waals surface area contributed by atoms with E-state index in [1.165, 1.54) is 50.7 Å². The third-order valence-electron chi connectivity index (χ3n) is 9.38. The van der Waals surface area contributed by atoms with Gasteiger partial charge in [-0.15, -0.1) is 0 Å². The van der Waals surface area contributed by atoms with Gasteiger partial charge in [-0.1, -0.05) is 30.2 Å². The minimum atomic E-state index is -0.605. The van der Waals surface area contributed by atoms with Crippen molar-refractivity contribution in [1.82, 2.24) is 9.80 Å². The molecule has 234 valence electrons. The van der Waals surface area contributed by atoms with Gasteiger partial charge in [-0.3, -0.25) is 4.79 Å². The average molecular weight is 613 g/mol. The van der Waals surface area contributed by atoms with E-state index in [2.05, 4.69) is 9.80 Å². The highest BCUT2D eigenvalue weighted by atomic mass is 35.5. The fraction of sp³-hybridized carbons (Fsp3) is 0.559. The molecule has 1 atom stereocenters. The largest absolute Gasteiger partial charge is 0.493 e. The second-order valence-electron chi connectivity index (χ2n) is 12.0. The van der Waals surface area contributed by atoms with E-state index in [9.17, 15) is 9.18 Å². The van der Waals surface area contributed by atoms with Gasteiger partial charge in [0, 0.05) is 34.9 Å². The molecule has 9 heteroatoms. The van der Waals surface area contributed by atoms with Crippen molar-refractivity contribution in [1.29, 1.82) is 10.8 Å². The number of hydrogen-bond donors (Lipinski definition) is 2. The van der Waals surface area contributed by atoms with Gasteiger partial charge in [-0.25, -0.2) is 4.39 Å². The quantitative estimate of drug-likeness (QED) is 0.218. The van der Waals surface area contributed by atoms with Crippen LogP contribution in [0.4, 0.5) is 4.39 Å². The molecule has 4 rings (SSSR count). The first-order valence-corrected chi connectivity index (χ1v) is 15.9. The van der Waals surface area contributed by atoms with E-state index in [1.807, 2.05) is 18.2 Å². The minimum Gasteiger partial charge on any atom is -0.493 e. The first kappa shape index (κ1) is 33.1. The van der Waals surface area contributed by atoms with Gasteiger partial charge in [0.15, 0.2) is 17.3 Å². The summed E-state index contributed by atoms with van der Waals surface area (Å²) in [5.41, 5.74) is 0.387. The number of likely N-dealkylation sites (tertiary alicyclic amines) is 2. The molecule has 2 N–H and O–H groups in total. The fourth-order valence-corrected chi connectivity index (χ4v) is 7.01. The van der Waals surface area contributed by atoms with Crippen LogP contribution in [0.5, 0.6) is 11.5 Å². The molecule has 2 aliphatic rings. The van der Waals surface area contributed by atoms with Crippen molar-refractivity contribution >= 4 is 29.3 Å². The molecule has 0 aromatic heterocycles. The molecular formula is C34H46ClFN4O3. The van der Waals surface area contributed by atoms with E-state index in [0.29, 0.717) is 36.8 Å². The Morgan fingerprint density at radius 2 is 1.77 bits per heavy atom. The van der Waals surface area contributed by atoms with Crippen LogP contribution in [0.1, 0.15) is 68.9 Å². The lowest BCUT2D eigenvalue weighted by Gasteiger charge is -2.42. The van der Waals surface area contributed by atoms with Crippen LogP contribution in [0.15, 0.2) is 36.4 Å². The lowest BCUT2D eigenvalue weighted by Crippen LogP contribution is -2.47. The maximum Gasteiger partial charge on any atom is 0.180 e. The number of hydrogen-bond acceptors (Lipinski definition) is 7. The highest BCUT2D eigenvalue weighted by molar-refractivity contribution is 6.40. The van der Waals surface area contributed by atoms with E-state index in [0.717, 1.165) is 38.0 Å². The Morgan fingerprint density at radius 3 is 2.42 bits per heavy atom. The van der Waals surface area contributed by atoms with E-state index < -0.39 is 17.0 Å². The lowest BCUT2D eigenvalue weighted by atomic mass is 9.69. The minimum absolute atomic E-state index is 0.0668. The van der Waals surface area contributed by atoms with Crippen LogP contribution in [0.2, 0.25) is 5.02 Å². The Hall–Kier alpha value is -2.81. The van der Waals surface area contributed by atoms with Crippen molar-refractivity contribution in [2.45, 2.75) is 75.7 Å². The molecule has 43 heavy (non-hydrogen) atoms. The average Bonchev–Trinajstić information content (AvgIpc) is 3.04. The normalized spacial score (nSPS) is 18.1. The maximum absolute atomic E-state index is 14.5. The monoisotopic (exact) mass is 612 g/mol. The number of carbonyl (C=O) groups is 1. The highest BCUT2D eigenvalue weighted by Crippen LogP contribution is 2.41. The van der Waals surface area contributed by atoms with Gasteiger partial charge < -0.3 is 30.1 Å². The van der Waals surface area contributed by atoms with Gasteiger partial charge in [0.1, 0.15) is 5.82 Å². The van der Waals surface area contributed by atoms with E-state index in [4.69, 9.17) is 31.9 Å². The topological polar surface area (TPSA) is 89.7 Å². The van der Waals surface area contributed by atoms with Gasteiger partial charge in [0.25, 0.3) is 0 Å². The summed E-state index contributed by atoms with van der Waals surface area (Å²) >= 11 is 6.21. The standard InChI is InChI=1S/C34H46ClFN4O3/c1-42-32-11-10-25(22-33(32)43-2)34(14-7-16-37,24-30(38)31(41)23-27-28(35)8-6-9-29(27)36)15-21-39-19-12-26(13-20-39)40-17-4-3-5-18-40/h6,8-11,16,22,26,37-38H,3-5,7,12-15,17-21,23-24H2,1-2H3/t34-/m0/s1. The number of rotatable bonds is 15. The van der Waals surface area contributed by atoms with Crippen LogP contribution in [0, 0.1) is 16.6 Å². The van der Waals surface area contributed by atoms with Gasteiger partial charge in [-0.2, -0.15) is 0 Å². The molecule has 2 saturated heterocycles. The summed E-state index contributed by atoms with van der Waals surface area (Å²) in [7, 11) is 3.19. The number of piperidine rings is 2. The summed E-state index contributed by atoms with van der Waals surface area (Å²) in [5, 5.41) is 16.9. The number of ketones is 1. The Bertz CT molecular complexity index is 1240. The lowest BCUT2D eigenvalue weighted by molar-refractivity contribution is -0.112. The van der Waals surface area contributed by atoms with Crippen LogP contribution >= 0.6 is 11.6 Å².